The molecular formula is C15H13F3N2O7S2. The molecule has 0 saturated carbocycles. The molecule has 3 heterocycles. The number of amides is 2. The molecule has 14 heteroatoms. The number of carboxylic acid groups (broad SMARTS) is 1. The monoisotopic (exact) mass is 454 g/mol. The number of allylic oxidation sites excluding steroid dienone is 1. The molecule has 29 heavy (non-hydrogen) atoms. The van der Waals surface area contributed by atoms with Crippen LogP contribution < -0.4 is 5.32 Å². The van der Waals surface area contributed by atoms with Crippen LogP contribution in [0.25, 0.3) is 0 Å². The van der Waals surface area contributed by atoms with Crippen LogP contribution in [-0.2, 0) is 35.1 Å². The zero-order valence-electron chi connectivity index (χ0n) is 14.3. The molecule has 0 aliphatic carbocycles. The van der Waals surface area contributed by atoms with Gasteiger partial charge in [-0.2, -0.15) is 21.6 Å². The normalized spacial score (nSPS) is 22.0. The average Bonchev–Trinajstić information content (AvgIpc) is 3.10. The molecule has 2 N–H and O–H groups in total. The van der Waals surface area contributed by atoms with E-state index in [1.165, 1.54) is 11.3 Å². The Balaban J connectivity index is 1.78. The Hall–Kier alpha value is -2.61. The van der Waals surface area contributed by atoms with Crippen LogP contribution in [0, 0.1) is 0 Å². The number of nitrogens with one attached hydrogen (secondary N) is 1. The Morgan fingerprint density at radius 3 is 2.62 bits per heavy atom. The number of β-lactam (4-membered cyclic amide) rings is 1. The SMILES string of the molecule is O=C(Cc1cccs1)NC1C(=O)N2C(C(=O)O)=C(OS(=O)(=O)C(F)(F)F)CC[C@@H]12. The number of carbonyl (C=O) groups is 3. The van der Waals surface area contributed by atoms with Crippen molar-refractivity contribution in [2.45, 2.75) is 36.9 Å². The van der Waals surface area contributed by atoms with Gasteiger partial charge in [0.05, 0.1) is 12.5 Å². The van der Waals surface area contributed by atoms with Gasteiger partial charge in [-0.3, -0.25) is 14.5 Å². The van der Waals surface area contributed by atoms with Crippen molar-refractivity contribution >= 4 is 39.2 Å². The van der Waals surface area contributed by atoms with Crippen molar-refractivity contribution in [2.24, 2.45) is 0 Å². The minimum absolute atomic E-state index is 0.00792. The second-order valence-electron chi connectivity index (χ2n) is 6.18. The lowest BCUT2D eigenvalue weighted by molar-refractivity contribution is -0.156. The van der Waals surface area contributed by atoms with Gasteiger partial charge in [-0.1, -0.05) is 6.07 Å². The lowest BCUT2D eigenvalue weighted by atomic mass is 9.85. The van der Waals surface area contributed by atoms with Crippen LogP contribution in [0.4, 0.5) is 13.2 Å². The van der Waals surface area contributed by atoms with Gasteiger partial charge >= 0.3 is 21.6 Å². The number of carboxylic acids is 1. The Labute approximate surface area is 165 Å². The molecule has 1 saturated heterocycles. The van der Waals surface area contributed by atoms with E-state index < -0.39 is 63.4 Å². The van der Waals surface area contributed by atoms with E-state index in [9.17, 15) is 41.1 Å². The van der Waals surface area contributed by atoms with Gasteiger partial charge in [-0.15, -0.1) is 11.3 Å². The third-order valence-electron chi connectivity index (χ3n) is 4.32. The number of halogens is 3. The van der Waals surface area contributed by atoms with Gasteiger partial charge in [0.25, 0.3) is 5.91 Å². The van der Waals surface area contributed by atoms with Crippen molar-refractivity contribution in [3.63, 3.8) is 0 Å². The maximum atomic E-state index is 12.5. The molecule has 9 nitrogen and oxygen atoms in total. The highest BCUT2D eigenvalue weighted by atomic mass is 32.2. The Morgan fingerprint density at radius 2 is 2.07 bits per heavy atom. The van der Waals surface area contributed by atoms with Crippen LogP contribution in [0.3, 0.4) is 0 Å². The molecule has 0 radical (unpaired) electrons. The number of aliphatic carboxylic acids is 1. The summed E-state index contributed by atoms with van der Waals surface area (Å²) >= 11 is 1.33. The van der Waals surface area contributed by atoms with Crippen LogP contribution in [-0.4, -0.2) is 53.8 Å². The van der Waals surface area contributed by atoms with Gasteiger partial charge < -0.3 is 14.6 Å². The highest BCUT2D eigenvalue weighted by Gasteiger charge is 2.56. The topological polar surface area (TPSA) is 130 Å². The number of carbonyl (C=O) groups excluding carboxylic acids is 2. The van der Waals surface area contributed by atoms with Crippen molar-refractivity contribution in [1.82, 2.24) is 10.2 Å². The zero-order chi connectivity index (χ0) is 21.6. The smallest absolute Gasteiger partial charge is 0.476 e. The van der Waals surface area contributed by atoms with E-state index in [4.69, 9.17) is 0 Å². The van der Waals surface area contributed by atoms with Crippen LogP contribution >= 0.6 is 11.3 Å². The molecular weight excluding hydrogens is 441 g/mol. The Morgan fingerprint density at radius 1 is 1.38 bits per heavy atom. The second-order valence-corrected chi connectivity index (χ2v) is 8.75. The minimum Gasteiger partial charge on any atom is -0.476 e. The van der Waals surface area contributed by atoms with Crippen LogP contribution in [0.2, 0.25) is 0 Å². The van der Waals surface area contributed by atoms with Crippen molar-refractivity contribution in [3.05, 3.63) is 33.8 Å². The lowest BCUT2D eigenvalue weighted by Crippen LogP contribution is -2.71. The first-order valence-electron chi connectivity index (χ1n) is 8.04. The number of nitrogens with zero attached hydrogens (tertiary/aromatic N) is 1. The number of thiophene rings is 1. The van der Waals surface area contributed by atoms with Crippen molar-refractivity contribution in [2.75, 3.05) is 0 Å². The summed E-state index contributed by atoms with van der Waals surface area (Å²) in [6.45, 7) is 0. The molecule has 1 fully saturated rings. The van der Waals surface area contributed by atoms with Gasteiger partial charge in [0.1, 0.15) is 6.04 Å². The van der Waals surface area contributed by atoms with E-state index in [1.807, 2.05) is 0 Å². The molecule has 3 rings (SSSR count). The maximum Gasteiger partial charge on any atom is 0.534 e. The van der Waals surface area contributed by atoms with Gasteiger partial charge in [-0.05, 0) is 17.9 Å². The van der Waals surface area contributed by atoms with E-state index >= 15 is 0 Å². The maximum absolute atomic E-state index is 12.5. The average molecular weight is 454 g/mol. The first kappa shape index (κ1) is 21.1. The standard InChI is InChI=1S/C15H13F3N2O7S2/c16-15(17,18)29(25,26)27-9-4-3-8-11(13(22)20(8)12(9)14(23)24)19-10(21)6-7-2-1-5-28-7/h1-2,5,8,11H,3-4,6H2,(H,19,21)(H,23,24)/t8-,11?/m0/s1. The number of fused-ring (bicyclic) bond motifs is 1. The van der Waals surface area contributed by atoms with E-state index in [-0.39, 0.29) is 12.8 Å². The molecule has 1 unspecified atom stereocenters. The molecule has 2 aliphatic rings. The van der Waals surface area contributed by atoms with Crippen molar-refractivity contribution < 1.29 is 45.3 Å². The molecule has 0 spiro atoms. The van der Waals surface area contributed by atoms with E-state index in [2.05, 4.69) is 9.50 Å². The van der Waals surface area contributed by atoms with Crippen LogP contribution in [0.5, 0.6) is 0 Å². The fraction of sp³-hybridized carbons (Fsp3) is 0.400. The van der Waals surface area contributed by atoms with Crippen molar-refractivity contribution in [3.8, 4) is 0 Å². The molecule has 0 bridgehead atoms. The summed E-state index contributed by atoms with van der Waals surface area (Å²) in [5, 5.41) is 13.5. The summed E-state index contributed by atoms with van der Waals surface area (Å²) in [6.07, 6.45) is -0.550. The van der Waals surface area contributed by atoms with Gasteiger partial charge in [0.15, 0.2) is 11.5 Å². The van der Waals surface area contributed by atoms with Crippen LogP contribution in [0.1, 0.15) is 17.7 Å². The molecule has 1 aromatic rings. The minimum atomic E-state index is -6.09. The Bertz CT molecular complexity index is 986. The fourth-order valence-electron chi connectivity index (χ4n) is 3.09. The highest BCUT2D eigenvalue weighted by Crippen LogP contribution is 2.39. The molecule has 2 atom stereocenters. The van der Waals surface area contributed by atoms with Gasteiger partial charge in [0, 0.05) is 11.3 Å². The Kier molecular flexibility index (Phi) is 5.34. The third-order valence-corrected chi connectivity index (χ3v) is 6.18. The quantitative estimate of drug-likeness (QED) is 0.372. The summed E-state index contributed by atoms with van der Waals surface area (Å²) in [5.41, 5.74) is -6.74. The highest BCUT2D eigenvalue weighted by molar-refractivity contribution is 7.87. The van der Waals surface area contributed by atoms with E-state index in [0.717, 1.165) is 4.88 Å². The molecule has 0 aromatic carbocycles. The first-order valence-corrected chi connectivity index (χ1v) is 10.3. The number of hydrogen-bond acceptors (Lipinski definition) is 7. The summed E-state index contributed by atoms with van der Waals surface area (Å²) in [7, 11) is -6.09. The zero-order valence-corrected chi connectivity index (χ0v) is 15.9. The lowest BCUT2D eigenvalue weighted by Gasteiger charge is -2.49. The van der Waals surface area contributed by atoms with Gasteiger partial charge in [-0.25, -0.2) is 4.79 Å². The molecule has 158 valence electrons. The van der Waals surface area contributed by atoms with Crippen LogP contribution in [0.15, 0.2) is 29.0 Å². The van der Waals surface area contributed by atoms with Crippen molar-refractivity contribution in [1.29, 1.82) is 0 Å². The van der Waals surface area contributed by atoms with Gasteiger partial charge in [0.2, 0.25) is 5.91 Å². The number of alkyl halides is 3. The first-order chi connectivity index (χ1) is 13.4. The second kappa shape index (κ2) is 7.33. The molecule has 2 amide bonds. The largest absolute Gasteiger partial charge is 0.534 e. The van der Waals surface area contributed by atoms with E-state index in [1.54, 1.807) is 17.5 Å². The predicted molar refractivity (Wildman–Crippen MR) is 90.5 cm³/mol. The summed E-state index contributed by atoms with van der Waals surface area (Å²) in [6, 6.07) is 1.57. The number of rotatable bonds is 6. The number of hydrogen-bond donors (Lipinski definition) is 2. The molecule has 1 aromatic heterocycles. The summed E-state index contributed by atoms with van der Waals surface area (Å²) in [4.78, 5) is 37.3. The predicted octanol–water partition coefficient (Wildman–Crippen LogP) is 0.942. The summed E-state index contributed by atoms with van der Waals surface area (Å²) < 4.78 is 64.0. The fourth-order valence-corrected chi connectivity index (χ4v) is 4.31. The third kappa shape index (κ3) is 3.94. The molecule has 2 aliphatic heterocycles. The van der Waals surface area contributed by atoms with E-state index in [0.29, 0.717) is 4.90 Å². The summed E-state index contributed by atoms with van der Waals surface area (Å²) in [5.74, 6) is -4.16.